The number of aliphatic imine (C=N–C) groups is 1. The standard InChI is InChI=1S/C19H29N3O3.HI/c1-20-18(22-13-19(9-10-23-2)7-3-4-8-19)21-12-15-5-6-16-17(11-15)25-14-24-16;/h5-6,11H,3-4,7-10,12-14H2,1-2H3,(H2,20,21,22);1H. The average Bonchev–Trinajstić information content (AvgIpc) is 3.29. The maximum absolute atomic E-state index is 5.43. The van der Waals surface area contributed by atoms with Gasteiger partial charge in [0, 0.05) is 33.9 Å². The lowest BCUT2D eigenvalue weighted by Crippen LogP contribution is -2.43. The third kappa shape index (κ3) is 5.39. The molecule has 0 spiro atoms. The number of ether oxygens (including phenoxy) is 3. The molecular formula is C19H30IN3O3. The Kier molecular flexibility index (Phi) is 8.27. The van der Waals surface area contributed by atoms with Gasteiger partial charge < -0.3 is 24.8 Å². The highest BCUT2D eigenvalue weighted by atomic mass is 127. The maximum atomic E-state index is 5.43. The van der Waals surface area contributed by atoms with Crippen LogP contribution in [-0.2, 0) is 11.3 Å². The van der Waals surface area contributed by atoms with E-state index in [0.29, 0.717) is 18.8 Å². The van der Waals surface area contributed by atoms with Crippen molar-refractivity contribution < 1.29 is 14.2 Å². The molecule has 1 aromatic carbocycles. The zero-order valence-electron chi connectivity index (χ0n) is 15.7. The largest absolute Gasteiger partial charge is 0.454 e. The molecular weight excluding hydrogens is 445 g/mol. The number of nitrogens with zero attached hydrogens (tertiary/aromatic N) is 1. The lowest BCUT2D eigenvalue weighted by molar-refractivity contribution is 0.138. The van der Waals surface area contributed by atoms with Gasteiger partial charge in [-0.2, -0.15) is 0 Å². The van der Waals surface area contributed by atoms with Crippen LogP contribution in [0.3, 0.4) is 0 Å². The fourth-order valence-corrected chi connectivity index (χ4v) is 3.69. The van der Waals surface area contributed by atoms with Gasteiger partial charge in [-0.1, -0.05) is 18.9 Å². The van der Waals surface area contributed by atoms with Crippen LogP contribution in [0.2, 0.25) is 0 Å². The zero-order chi connectivity index (χ0) is 17.5. The number of guanidine groups is 1. The predicted molar refractivity (Wildman–Crippen MR) is 114 cm³/mol. The Morgan fingerprint density at radius 1 is 1.19 bits per heavy atom. The van der Waals surface area contributed by atoms with E-state index in [2.05, 4.69) is 15.6 Å². The molecule has 0 unspecified atom stereocenters. The van der Waals surface area contributed by atoms with Crippen molar-refractivity contribution in [2.45, 2.75) is 38.6 Å². The van der Waals surface area contributed by atoms with Gasteiger partial charge >= 0.3 is 0 Å². The summed E-state index contributed by atoms with van der Waals surface area (Å²) in [4.78, 5) is 4.36. The van der Waals surface area contributed by atoms with Gasteiger partial charge in [0.2, 0.25) is 6.79 Å². The SMILES string of the molecule is CN=C(NCc1ccc2c(c1)OCO2)NCC1(CCOC)CCCC1.I. The van der Waals surface area contributed by atoms with Crippen molar-refractivity contribution in [3.05, 3.63) is 23.8 Å². The molecule has 146 valence electrons. The summed E-state index contributed by atoms with van der Waals surface area (Å²) in [6, 6.07) is 6.01. The lowest BCUT2D eigenvalue weighted by Gasteiger charge is -2.30. The van der Waals surface area contributed by atoms with Crippen LogP contribution in [0.25, 0.3) is 0 Å². The van der Waals surface area contributed by atoms with Gasteiger partial charge in [-0.15, -0.1) is 24.0 Å². The Morgan fingerprint density at radius 2 is 1.96 bits per heavy atom. The van der Waals surface area contributed by atoms with Crippen molar-refractivity contribution >= 4 is 29.9 Å². The van der Waals surface area contributed by atoms with Crippen LogP contribution in [0.4, 0.5) is 0 Å². The van der Waals surface area contributed by atoms with E-state index in [4.69, 9.17) is 14.2 Å². The van der Waals surface area contributed by atoms with Crippen molar-refractivity contribution in [2.24, 2.45) is 10.4 Å². The Bertz CT molecular complexity index is 604. The van der Waals surface area contributed by atoms with Crippen LogP contribution in [-0.4, -0.2) is 40.1 Å². The molecule has 3 rings (SSSR count). The van der Waals surface area contributed by atoms with E-state index in [1.165, 1.54) is 25.7 Å². The third-order valence-electron chi connectivity index (χ3n) is 5.25. The van der Waals surface area contributed by atoms with Crippen LogP contribution in [0.15, 0.2) is 23.2 Å². The molecule has 0 amide bonds. The number of fused-ring (bicyclic) bond motifs is 1. The Morgan fingerprint density at radius 3 is 2.69 bits per heavy atom. The van der Waals surface area contributed by atoms with Crippen LogP contribution in [0.5, 0.6) is 11.5 Å². The molecule has 1 aliphatic carbocycles. The van der Waals surface area contributed by atoms with Crippen LogP contribution < -0.4 is 20.1 Å². The highest BCUT2D eigenvalue weighted by Gasteiger charge is 2.33. The first-order valence-electron chi connectivity index (χ1n) is 9.07. The van der Waals surface area contributed by atoms with Crippen molar-refractivity contribution in [1.29, 1.82) is 0 Å². The number of benzene rings is 1. The molecule has 2 aliphatic rings. The van der Waals surface area contributed by atoms with Crippen molar-refractivity contribution in [2.75, 3.05) is 34.1 Å². The minimum absolute atomic E-state index is 0. The first-order chi connectivity index (χ1) is 12.2. The first kappa shape index (κ1) is 21.1. The number of rotatable bonds is 7. The molecule has 1 aliphatic heterocycles. The molecule has 1 heterocycles. The summed E-state index contributed by atoms with van der Waals surface area (Å²) < 4.78 is 16.1. The number of halogens is 1. The van der Waals surface area contributed by atoms with E-state index in [1.54, 1.807) is 7.11 Å². The highest BCUT2D eigenvalue weighted by Crippen LogP contribution is 2.40. The molecule has 0 aromatic heterocycles. The van der Waals surface area contributed by atoms with Crippen molar-refractivity contribution in [1.82, 2.24) is 10.6 Å². The van der Waals surface area contributed by atoms with Gasteiger partial charge in [0.05, 0.1) is 0 Å². The van der Waals surface area contributed by atoms with E-state index in [-0.39, 0.29) is 24.0 Å². The summed E-state index contributed by atoms with van der Waals surface area (Å²) in [5.41, 5.74) is 1.48. The Labute approximate surface area is 173 Å². The average molecular weight is 475 g/mol. The van der Waals surface area contributed by atoms with E-state index < -0.39 is 0 Å². The monoisotopic (exact) mass is 475 g/mol. The van der Waals surface area contributed by atoms with Gasteiger partial charge in [0.1, 0.15) is 0 Å². The predicted octanol–water partition coefficient (Wildman–Crippen LogP) is 3.30. The molecule has 1 fully saturated rings. The van der Waals surface area contributed by atoms with Gasteiger partial charge in [-0.25, -0.2) is 0 Å². The quantitative estimate of drug-likeness (QED) is 0.360. The second-order valence-electron chi connectivity index (χ2n) is 6.92. The second-order valence-corrected chi connectivity index (χ2v) is 6.92. The minimum Gasteiger partial charge on any atom is -0.454 e. The first-order valence-corrected chi connectivity index (χ1v) is 9.07. The fraction of sp³-hybridized carbons (Fsp3) is 0.632. The van der Waals surface area contributed by atoms with Crippen LogP contribution >= 0.6 is 24.0 Å². The van der Waals surface area contributed by atoms with Crippen LogP contribution in [0, 0.1) is 5.41 Å². The van der Waals surface area contributed by atoms with Gasteiger partial charge in [-0.05, 0) is 42.4 Å². The third-order valence-corrected chi connectivity index (χ3v) is 5.25. The van der Waals surface area contributed by atoms with E-state index in [9.17, 15) is 0 Å². The molecule has 1 saturated carbocycles. The molecule has 26 heavy (non-hydrogen) atoms. The number of hydrogen-bond acceptors (Lipinski definition) is 4. The smallest absolute Gasteiger partial charge is 0.231 e. The lowest BCUT2D eigenvalue weighted by atomic mass is 9.83. The summed E-state index contributed by atoms with van der Waals surface area (Å²) in [5, 5.41) is 6.90. The molecule has 7 heteroatoms. The minimum atomic E-state index is 0. The molecule has 1 aromatic rings. The summed E-state index contributed by atoms with van der Waals surface area (Å²) in [6.07, 6.45) is 6.27. The molecule has 0 saturated heterocycles. The zero-order valence-corrected chi connectivity index (χ0v) is 18.0. The molecule has 0 atom stereocenters. The number of nitrogens with one attached hydrogen (secondary N) is 2. The van der Waals surface area contributed by atoms with Crippen molar-refractivity contribution in [3.63, 3.8) is 0 Å². The molecule has 0 radical (unpaired) electrons. The van der Waals surface area contributed by atoms with Crippen molar-refractivity contribution in [3.8, 4) is 11.5 Å². The summed E-state index contributed by atoms with van der Waals surface area (Å²) >= 11 is 0. The fourth-order valence-electron chi connectivity index (χ4n) is 3.69. The van der Waals surface area contributed by atoms with E-state index >= 15 is 0 Å². The Balaban J connectivity index is 0.00000243. The summed E-state index contributed by atoms with van der Waals surface area (Å²) in [7, 11) is 3.59. The van der Waals surface area contributed by atoms with E-state index in [0.717, 1.165) is 42.6 Å². The number of methoxy groups -OCH3 is 1. The molecule has 2 N–H and O–H groups in total. The number of hydrogen-bond donors (Lipinski definition) is 2. The van der Waals surface area contributed by atoms with Gasteiger partial charge in [-0.3, -0.25) is 4.99 Å². The second kappa shape index (κ2) is 10.2. The topological polar surface area (TPSA) is 64.1 Å². The normalized spacial score (nSPS) is 17.7. The Hall–Kier alpha value is -1.22. The van der Waals surface area contributed by atoms with Gasteiger partial charge in [0.25, 0.3) is 0 Å². The highest BCUT2D eigenvalue weighted by molar-refractivity contribution is 14.0. The summed E-state index contributed by atoms with van der Waals surface area (Å²) in [6.45, 7) is 2.77. The molecule has 6 nitrogen and oxygen atoms in total. The summed E-state index contributed by atoms with van der Waals surface area (Å²) in [5.74, 6) is 2.46. The maximum Gasteiger partial charge on any atom is 0.231 e. The van der Waals surface area contributed by atoms with E-state index in [1.807, 2.05) is 25.2 Å². The van der Waals surface area contributed by atoms with Crippen LogP contribution in [0.1, 0.15) is 37.7 Å². The van der Waals surface area contributed by atoms with Gasteiger partial charge in [0.15, 0.2) is 17.5 Å². The molecule has 0 bridgehead atoms.